The van der Waals surface area contributed by atoms with Crippen molar-refractivity contribution >= 4 is 17.2 Å². The predicted molar refractivity (Wildman–Crippen MR) is 86.4 cm³/mol. The van der Waals surface area contributed by atoms with Gasteiger partial charge >= 0.3 is 0 Å². The fourth-order valence-corrected chi connectivity index (χ4v) is 3.79. The lowest BCUT2D eigenvalue weighted by Gasteiger charge is -2.36. The Labute approximate surface area is 131 Å². The van der Waals surface area contributed by atoms with Crippen molar-refractivity contribution in [2.24, 2.45) is 5.92 Å². The van der Waals surface area contributed by atoms with Crippen LogP contribution in [0, 0.1) is 17.8 Å². The normalized spacial score (nSPS) is 21.5. The maximum Gasteiger partial charge on any atom is 0.263 e. The van der Waals surface area contributed by atoms with E-state index in [2.05, 4.69) is 18.8 Å². The average molecular weight is 305 g/mol. The Hall–Kier alpha value is -1.31. The van der Waals surface area contributed by atoms with Gasteiger partial charge in [-0.15, -0.1) is 11.3 Å². The van der Waals surface area contributed by atoms with Gasteiger partial charge in [-0.3, -0.25) is 4.79 Å². The van der Waals surface area contributed by atoms with Gasteiger partial charge in [-0.1, -0.05) is 31.6 Å². The number of carbonyl (C=O) groups is 1. The predicted octanol–water partition coefficient (Wildman–Crippen LogP) is 3.13. The molecule has 3 nitrogen and oxygen atoms in total. The van der Waals surface area contributed by atoms with Gasteiger partial charge in [-0.2, -0.15) is 0 Å². The molecule has 0 aromatic carbocycles. The molecular formula is C17H23NO2S. The lowest BCUT2D eigenvalue weighted by Crippen LogP contribution is -2.42. The molecule has 1 aromatic heterocycles. The summed E-state index contributed by atoms with van der Waals surface area (Å²) in [4.78, 5) is 16.1. The highest BCUT2D eigenvalue weighted by Gasteiger charge is 2.28. The lowest BCUT2D eigenvalue weighted by molar-refractivity contribution is 0.0634. The first-order valence-corrected chi connectivity index (χ1v) is 8.42. The molecule has 4 heteroatoms. The van der Waals surface area contributed by atoms with Crippen molar-refractivity contribution in [3.8, 4) is 11.8 Å². The third-order valence-corrected chi connectivity index (χ3v) is 5.14. The fourth-order valence-electron chi connectivity index (χ4n) is 2.92. The Morgan fingerprint density at radius 2 is 2.19 bits per heavy atom. The SMILES string of the molecule is CC1CCCCC1N(C)C(=O)c1ccc(C#CCCO)s1. The van der Waals surface area contributed by atoms with Crippen LogP contribution in [0.15, 0.2) is 12.1 Å². The van der Waals surface area contributed by atoms with E-state index in [9.17, 15) is 4.79 Å². The van der Waals surface area contributed by atoms with E-state index in [4.69, 9.17) is 5.11 Å². The zero-order chi connectivity index (χ0) is 15.2. The Morgan fingerprint density at radius 3 is 2.90 bits per heavy atom. The number of aliphatic hydroxyl groups excluding tert-OH is 1. The van der Waals surface area contributed by atoms with Gasteiger partial charge in [-0.25, -0.2) is 0 Å². The summed E-state index contributed by atoms with van der Waals surface area (Å²) < 4.78 is 0. The van der Waals surface area contributed by atoms with Crippen molar-refractivity contribution in [1.82, 2.24) is 4.90 Å². The van der Waals surface area contributed by atoms with Crippen LogP contribution in [-0.2, 0) is 0 Å². The van der Waals surface area contributed by atoms with E-state index in [0.29, 0.717) is 18.4 Å². The summed E-state index contributed by atoms with van der Waals surface area (Å²) in [5, 5.41) is 8.72. The Bertz CT molecular complexity index is 540. The van der Waals surface area contributed by atoms with Gasteiger partial charge in [0.2, 0.25) is 0 Å². The second-order valence-corrected chi connectivity index (χ2v) is 6.77. The molecule has 2 atom stereocenters. The number of amides is 1. The first-order valence-electron chi connectivity index (χ1n) is 7.60. The van der Waals surface area contributed by atoms with Crippen LogP contribution in [0.1, 0.15) is 53.6 Å². The summed E-state index contributed by atoms with van der Waals surface area (Å²) in [6.45, 7) is 2.32. The summed E-state index contributed by atoms with van der Waals surface area (Å²) in [6, 6.07) is 4.11. The van der Waals surface area contributed by atoms with Gasteiger partial charge in [0.25, 0.3) is 5.91 Å². The number of hydrogen-bond donors (Lipinski definition) is 1. The lowest BCUT2D eigenvalue weighted by atomic mass is 9.85. The highest BCUT2D eigenvalue weighted by Crippen LogP contribution is 2.29. The molecule has 0 bridgehead atoms. The molecule has 1 saturated carbocycles. The minimum Gasteiger partial charge on any atom is -0.395 e. The minimum atomic E-state index is 0.0759. The molecule has 1 N–H and O–H groups in total. The van der Waals surface area contributed by atoms with Gasteiger partial charge in [0, 0.05) is 19.5 Å². The molecule has 1 aromatic rings. The highest BCUT2D eigenvalue weighted by molar-refractivity contribution is 7.14. The van der Waals surface area contributed by atoms with Gasteiger partial charge in [0.1, 0.15) is 0 Å². The summed E-state index contributed by atoms with van der Waals surface area (Å²) in [6.07, 6.45) is 5.29. The molecule has 1 fully saturated rings. The maximum atomic E-state index is 12.6. The summed E-state index contributed by atoms with van der Waals surface area (Å²) >= 11 is 1.44. The molecule has 1 aliphatic rings. The zero-order valence-corrected chi connectivity index (χ0v) is 13.6. The number of rotatable bonds is 3. The van der Waals surface area contributed by atoms with E-state index in [-0.39, 0.29) is 12.5 Å². The highest BCUT2D eigenvalue weighted by atomic mass is 32.1. The molecule has 1 aliphatic carbocycles. The molecule has 2 unspecified atom stereocenters. The topological polar surface area (TPSA) is 40.5 Å². The van der Waals surface area contributed by atoms with Crippen LogP contribution >= 0.6 is 11.3 Å². The van der Waals surface area contributed by atoms with Gasteiger partial charge < -0.3 is 10.0 Å². The number of nitrogens with zero attached hydrogens (tertiary/aromatic N) is 1. The van der Waals surface area contributed by atoms with Crippen molar-refractivity contribution in [2.75, 3.05) is 13.7 Å². The van der Waals surface area contributed by atoms with Crippen LogP contribution in [0.5, 0.6) is 0 Å². The van der Waals surface area contributed by atoms with Gasteiger partial charge in [0.15, 0.2) is 0 Å². The molecule has 0 spiro atoms. The summed E-state index contributed by atoms with van der Waals surface area (Å²) in [7, 11) is 1.92. The van der Waals surface area contributed by atoms with Crippen LogP contribution in [-0.4, -0.2) is 35.6 Å². The smallest absolute Gasteiger partial charge is 0.263 e. The van der Waals surface area contributed by atoms with Gasteiger partial charge in [-0.05, 0) is 30.9 Å². The molecule has 0 radical (unpaired) electrons. The molecule has 1 heterocycles. The van der Waals surface area contributed by atoms with E-state index in [1.54, 1.807) is 0 Å². The first-order chi connectivity index (χ1) is 10.1. The van der Waals surface area contributed by atoms with Crippen LogP contribution < -0.4 is 0 Å². The fraction of sp³-hybridized carbons (Fsp3) is 0.588. The third kappa shape index (κ3) is 4.09. The largest absolute Gasteiger partial charge is 0.395 e. The van der Waals surface area contributed by atoms with E-state index >= 15 is 0 Å². The number of hydrogen-bond acceptors (Lipinski definition) is 3. The average Bonchev–Trinajstić information content (AvgIpc) is 2.95. The monoisotopic (exact) mass is 305 g/mol. The zero-order valence-electron chi connectivity index (χ0n) is 12.8. The number of thiophene rings is 1. The molecule has 1 amide bonds. The van der Waals surface area contributed by atoms with E-state index in [1.165, 1.54) is 30.6 Å². The molecule has 114 valence electrons. The molecule has 21 heavy (non-hydrogen) atoms. The van der Waals surface area contributed by atoms with E-state index < -0.39 is 0 Å². The van der Waals surface area contributed by atoms with Crippen molar-refractivity contribution in [3.05, 3.63) is 21.9 Å². The molecular weight excluding hydrogens is 282 g/mol. The van der Waals surface area contributed by atoms with Crippen molar-refractivity contribution in [1.29, 1.82) is 0 Å². The minimum absolute atomic E-state index is 0.0759. The van der Waals surface area contributed by atoms with Crippen LogP contribution in [0.2, 0.25) is 0 Å². The van der Waals surface area contributed by atoms with Gasteiger partial charge in [0.05, 0.1) is 16.4 Å². The third-order valence-electron chi connectivity index (χ3n) is 4.15. The van der Waals surface area contributed by atoms with Crippen LogP contribution in [0.4, 0.5) is 0 Å². The first kappa shape index (κ1) is 16.1. The van der Waals surface area contributed by atoms with Crippen LogP contribution in [0.3, 0.4) is 0 Å². The molecule has 2 rings (SSSR count). The Kier molecular flexibility index (Phi) is 5.84. The second-order valence-electron chi connectivity index (χ2n) is 5.68. The second kappa shape index (κ2) is 7.63. The van der Waals surface area contributed by atoms with E-state index in [1.807, 2.05) is 24.1 Å². The van der Waals surface area contributed by atoms with Crippen molar-refractivity contribution in [2.45, 2.75) is 45.1 Å². The van der Waals surface area contributed by atoms with Crippen molar-refractivity contribution in [3.63, 3.8) is 0 Å². The Balaban J connectivity index is 2.04. The van der Waals surface area contributed by atoms with Crippen LogP contribution in [0.25, 0.3) is 0 Å². The summed E-state index contributed by atoms with van der Waals surface area (Å²) in [5.74, 6) is 6.56. The van der Waals surface area contributed by atoms with E-state index in [0.717, 1.165) is 16.2 Å². The number of aliphatic hydroxyl groups is 1. The quantitative estimate of drug-likeness (QED) is 0.872. The molecule has 0 aliphatic heterocycles. The summed E-state index contributed by atoms with van der Waals surface area (Å²) in [5.41, 5.74) is 0. The van der Waals surface area contributed by atoms with Crippen molar-refractivity contribution < 1.29 is 9.90 Å². The number of carbonyl (C=O) groups excluding carboxylic acids is 1. The maximum absolute atomic E-state index is 12.6. The molecule has 0 saturated heterocycles. The Morgan fingerprint density at radius 1 is 1.43 bits per heavy atom. The standard InChI is InChI=1S/C17H23NO2S/c1-13-7-3-4-9-15(13)18(2)17(20)16-11-10-14(21-16)8-5-6-12-19/h10-11,13,15,19H,3-4,6-7,9,12H2,1-2H3.